The molecule has 3 amide bonds. The Labute approximate surface area is 199 Å². The highest BCUT2D eigenvalue weighted by Gasteiger charge is 2.10. The van der Waals surface area contributed by atoms with E-state index in [0.717, 1.165) is 12.8 Å². The minimum Gasteiger partial charge on any atom is -0.493 e. The average molecular weight is 471 g/mol. The van der Waals surface area contributed by atoms with Crippen molar-refractivity contribution in [2.45, 2.75) is 40.0 Å². The number of carbonyl (C=O) groups is 3. The van der Waals surface area contributed by atoms with E-state index in [9.17, 15) is 14.4 Å². The molecule has 4 N–H and O–H groups in total. The third-order valence-corrected chi connectivity index (χ3v) is 4.61. The monoisotopic (exact) mass is 470 g/mol. The van der Waals surface area contributed by atoms with E-state index in [4.69, 9.17) is 17.0 Å². The first-order chi connectivity index (χ1) is 15.8. The van der Waals surface area contributed by atoms with E-state index in [2.05, 4.69) is 35.3 Å². The van der Waals surface area contributed by atoms with E-state index in [0.29, 0.717) is 41.5 Å². The van der Waals surface area contributed by atoms with E-state index in [1.165, 1.54) is 0 Å². The predicted octanol–water partition coefficient (Wildman–Crippen LogP) is 3.80. The molecule has 2 rings (SSSR count). The maximum atomic E-state index is 12.3. The Morgan fingerprint density at radius 1 is 0.909 bits per heavy atom. The van der Waals surface area contributed by atoms with Crippen molar-refractivity contribution >= 4 is 40.7 Å². The number of anilines is 1. The molecule has 2 aromatic rings. The van der Waals surface area contributed by atoms with Crippen LogP contribution in [0.15, 0.2) is 48.5 Å². The second kappa shape index (κ2) is 13.2. The lowest BCUT2D eigenvalue weighted by Gasteiger charge is -2.12. The van der Waals surface area contributed by atoms with Crippen LogP contribution in [0.3, 0.4) is 0 Å². The van der Waals surface area contributed by atoms with Crippen LogP contribution >= 0.6 is 12.2 Å². The van der Waals surface area contributed by atoms with Crippen molar-refractivity contribution in [3.8, 4) is 5.75 Å². The van der Waals surface area contributed by atoms with Crippen LogP contribution in [0, 0.1) is 5.92 Å². The normalized spacial score (nSPS) is 10.3. The van der Waals surface area contributed by atoms with Gasteiger partial charge in [0, 0.05) is 23.2 Å². The maximum absolute atomic E-state index is 12.3. The van der Waals surface area contributed by atoms with Crippen LogP contribution < -0.4 is 26.2 Å². The van der Waals surface area contributed by atoms with Gasteiger partial charge in [-0.1, -0.05) is 27.2 Å². The fraction of sp³-hybridized carbons (Fsp3) is 0.333. The molecule has 0 radical (unpaired) electrons. The Bertz CT molecular complexity index is 959. The zero-order valence-electron chi connectivity index (χ0n) is 19.1. The molecule has 9 heteroatoms. The Morgan fingerprint density at radius 3 is 2.12 bits per heavy atom. The molecule has 0 aromatic heterocycles. The van der Waals surface area contributed by atoms with Crippen LogP contribution in [0.25, 0.3) is 0 Å². The molecule has 2 aromatic carbocycles. The molecule has 0 heterocycles. The Balaban J connectivity index is 1.78. The summed E-state index contributed by atoms with van der Waals surface area (Å²) in [4.78, 5) is 36.4. The van der Waals surface area contributed by atoms with Gasteiger partial charge in [0.05, 0.1) is 6.61 Å². The molecular weight excluding hydrogens is 440 g/mol. The molecule has 0 aliphatic carbocycles. The van der Waals surface area contributed by atoms with Gasteiger partial charge in [-0.2, -0.15) is 0 Å². The van der Waals surface area contributed by atoms with Crippen LogP contribution in [-0.4, -0.2) is 29.4 Å². The van der Waals surface area contributed by atoms with Gasteiger partial charge in [-0.25, -0.2) is 0 Å². The molecule has 33 heavy (non-hydrogen) atoms. The molecule has 0 unspecified atom stereocenters. The summed E-state index contributed by atoms with van der Waals surface area (Å²) in [5.74, 6) is 0.165. The van der Waals surface area contributed by atoms with Crippen LogP contribution in [-0.2, 0) is 4.79 Å². The topological polar surface area (TPSA) is 109 Å². The summed E-state index contributed by atoms with van der Waals surface area (Å²) in [6.07, 6.45) is 2.23. The SMILES string of the molecule is CCCCC(=O)Nc1ccc(C(=O)NNC(=S)NC(=O)c2ccc(OCC(C)C)cc2)cc1. The fourth-order valence-electron chi connectivity index (χ4n) is 2.62. The Morgan fingerprint density at radius 2 is 1.52 bits per heavy atom. The van der Waals surface area contributed by atoms with Crippen molar-refractivity contribution in [3.05, 3.63) is 59.7 Å². The van der Waals surface area contributed by atoms with E-state index in [-0.39, 0.29) is 11.0 Å². The zero-order chi connectivity index (χ0) is 24.2. The van der Waals surface area contributed by atoms with Crippen molar-refractivity contribution in [2.24, 2.45) is 5.92 Å². The van der Waals surface area contributed by atoms with Crippen molar-refractivity contribution in [1.82, 2.24) is 16.2 Å². The van der Waals surface area contributed by atoms with E-state index in [1.54, 1.807) is 48.5 Å². The van der Waals surface area contributed by atoms with Crippen molar-refractivity contribution in [2.75, 3.05) is 11.9 Å². The highest BCUT2D eigenvalue weighted by molar-refractivity contribution is 7.80. The number of unbranched alkanes of at least 4 members (excludes halogenated alkanes) is 1. The largest absolute Gasteiger partial charge is 0.493 e. The van der Waals surface area contributed by atoms with Crippen molar-refractivity contribution in [1.29, 1.82) is 0 Å². The molecule has 0 saturated heterocycles. The lowest BCUT2D eigenvalue weighted by Crippen LogP contribution is -2.48. The van der Waals surface area contributed by atoms with Gasteiger partial charge < -0.3 is 10.1 Å². The van der Waals surface area contributed by atoms with Gasteiger partial charge in [0.25, 0.3) is 11.8 Å². The van der Waals surface area contributed by atoms with Crippen LogP contribution in [0.4, 0.5) is 5.69 Å². The fourth-order valence-corrected chi connectivity index (χ4v) is 2.77. The standard InChI is InChI=1S/C24H30N4O4S/c1-4-5-6-21(29)25-19-11-7-18(8-12-19)23(31)27-28-24(33)26-22(30)17-9-13-20(14-10-17)32-15-16(2)3/h7-14,16H,4-6,15H2,1-3H3,(H,25,29)(H,27,31)(H2,26,28,30,33). The summed E-state index contributed by atoms with van der Waals surface area (Å²) >= 11 is 5.07. The summed E-state index contributed by atoms with van der Waals surface area (Å²) < 4.78 is 5.59. The minimum atomic E-state index is -0.442. The number of carbonyl (C=O) groups excluding carboxylic acids is 3. The smallest absolute Gasteiger partial charge is 0.269 e. The van der Waals surface area contributed by atoms with E-state index >= 15 is 0 Å². The second-order valence-corrected chi connectivity index (χ2v) is 8.23. The van der Waals surface area contributed by atoms with Gasteiger partial charge >= 0.3 is 0 Å². The zero-order valence-corrected chi connectivity index (χ0v) is 19.9. The molecule has 0 atom stereocenters. The number of hydrogen-bond acceptors (Lipinski definition) is 5. The number of amides is 3. The summed E-state index contributed by atoms with van der Waals surface area (Å²) in [7, 11) is 0. The molecule has 0 fully saturated rings. The van der Waals surface area contributed by atoms with Gasteiger partial charge in [-0.15, -0.1) is 0 Å². The first-order valence-electron chi connectivity index (χ1n) is 10.8. The van der Waals surface area contributed by atoms with Gasteiger partial charge in [0.2, 0.25) is 5.91 Å². The summed E-state index contributed by atoms with van der Waals surface area (Å²) in [5, 5.41) is 5.23. The number of nitrogens with one attached hydrogen (secondary N) is 4. The van der Waals surface area contributed by atoms with Crippen LogP contribution in [0.2, 0.25) is 0 Å². The third kappa shape index (κ3) is 9.28. The second-order valence-electron chi connectivity index (χ2n) is 7.82. The molecule has 0 aliphatic heterocycles. The van der Waals surface area contributed by atoms with E-state index in [1.807, 2.05) is 6.92 Å². The summed E-state index contributed by atoms with van der Waals surface area (Å²) in [6, 6.07) is 13.1. The van der Waals surface area contributed by atoms with Gasteiger partial charge in [-0.3, -0.25) is 30.6 Å². The van der Waals surface area contributed by atoms with Crippen LogP contribution in [0.5, 0.6) is 5.75 Å². The molecule has 0 aliphatic rings. The van der Waals surface area contributed by atoms with Gasteiger partial charge in [-0.05, 0) is 73.1 Å². The molecule has 0 bridgehead atoms. The number of hydrogen-bond donors (Lipinski definition) is 4. The summed E-state index contributed by atoms with van der Waals surface area (Å²) in [5.41, 5.74) is 6.31. The molecule has 0 spiro atoms. The number of hydrazine groups is 1. The first-order valence-corrected chi connectivity index (χ1v) is 11.2. The average Bonchev–Trinajstić information content (AvgIpc) is 2.80. The number of rotatable bonds is 9. The Hall–Kier alpha value is -3.46. The minimum absolute atomic E-state index is 0.0479. The number of ether oxygens (including phenoxy) is 1. The predicted molar refractivity (Wildman–Crippen MR) is 132 cm³/mol. The van der Waals surface area contributed by atoms with Gasteiger partial charge in [0.1, 0.15) is 5.75 Å². The van der Waals surface area contributed by atoms with Crippen molar-refractivity contribution < 1.29 is 19.1 Å². The maximum Gasteiger partial charge on any atom is 0.269 e. The summed E-state index contributed by atoms with van der Waals surface area (Å²) in [6.45, 7) is 6.72. The lowest BCUT2D eigenvalue weighted by atomic mass is 10.2. The highest BCUT2D eigenvalue weighted by atomic mass is 32.1. The number of benzene rings is 2. The highest BCUT2D eigenvalue weighted by Crippen LogP contribution is 2.13. The lowest BCUT2D eigenvalue weighted by molar-refractivity contribution is -0.116. The van der Waals surface area contributed by atoms with E-state index < -0.39 is 11.8 Å². The quantitative estimate of drug-likeness (QED) is 0.328. The third-order valence-electron chi connectivity index (χ3n) is 4.40. The first kappa shape index (κ1) is 25.8. The van der Waals surface area contributed by atoms with Crippen LogP contribution in [0.1, 0.15) is 60.7 Å². The molecule has 8 nitrogen and oxygen atoms in total. The number of thiocarbonyl (C=S) groups is 1. The molecule has 0 saturated carbocycles. The molecular formula is C24H30N4O4S. The molecule has 176 valence electrons. The van der Waals surface area contributed by atoms with Gasteiger partial charge in [0.15, 0.2) is 5.11 Å². The Kier molecular flexibility index (Phi) is 10.3. The van der Waals surface area contributed by atoms with Crippen molar-refractivity contribution in [3.63, 3.8) is 0 Å².